The maximum absolute atomic E-state index is 12.8. The molecule has 0 fully saturated rings. The van der Waals surface area contributed by atoms with E-state index in [1.807, 2.05) is 48.5 Å². The van der Waals surface area contributed by atoms with E-state index >= 15 is 0 Å². The van der Waals surface area contributed by atoms with Gasteiger partial charge < -0.3 is 0 Å². The van der Waals surface area contributed by atoms with Gasteiger partial charge in [-0.3, -0.25) is 14.9 Å². The Hall–Kier alpha value is -3.80. The third-order valence-corrected chi connectivity index (χ3v) is 4.57. The maximum atomic E-state index is 12.8. The Morgan fingerprint density at radius 3 is 2.22 bits per heavy atom. The summed E-state index contributed by atoms with van der Waals surface area (Å²) in [5, 5.41) is 14.8. The van der Waals surface area contributed by atoms with E-state index in [-0.39, 0.29) is 11.6 Å². The zero-order valence-corrected chi connectivity index (χ0v) is 14.2. The van der Waals surface area contributed by atoms with E-state index in [4.69, 9.17) is 0 Å². The number of non-ortho nitro benzene ring substituents is 1. The molecule has 1 N–H and O–H groups in total. The van der Waals surface area contributed by atoms with Crippen LogP contribution in [0.5, 0.6) is 0 Å². The first-order valence-electron chi connectivity index (χ1n) is 8.41. The van der Waals surface area contributed by atoms with Crippen molar-refractivity contribution in [2.75, 3.05) is 0 Å². The molecule has 0 bridgehead atoms. The van der Waals surface area contributed by atoms with E-state index in [9.17, 15) is 14.9 Å². The number of nitrogens with one attached hydrogen (secondary N) is 1. The average molecular weight is 357 g/mol. The van der Waals surface area contributed by atoms with Gasteiger partial charge in [-0.2, -0.15) is 5.10 Å². The van der Waals surface area contributed by atoms with E-state index in [0.717, 1.165) is 22.3 Å². The maximum Gasteiger partial charge on any atom is 0.270 e. The van der Waals surface area contributed by atoms with Crippen LogP contribution in [0.2, 0.25) is 0 Å². The van der Waals surface area contributed by atoms with Crippen LogP contribution >= 0.6 is 0 Å². The van der Waals surface area contributed by atoms with E-state index in [2.05, 4.69) is 10.5 Å². The van der Waals surface area contributed by atoms with Crippen LogP contribution < -0.4 is 5.43 Å². The number of hydrazone groups is 1. The largest absolute Gasteiger partial charge is 0.272 e. The summed E-state index contributed by atoms with van der Waals surface area (Å²) in [6, 6.07) is 21.7. The predicted octanol–water partition coefficient (Wildman–Crippen LogP) is 3.86. The molecule has 6 nitrogen and oxygen atoms in total. The number of fused-ring (bicyclic) bond motifs is 3. The number of hydrogen-bond donors (Lipinski definition) is 1. The summed E-state index contributed by atoms with van der Waals surface area (Å²) in [4.78, 5) is 23.2. The van der Waals surface area contributed by atoms with Gasteiger partial charge in [-0.05, 0) is 22.3 Å². The molecule has 1 aliphatic carbocycles. The summed E-state index contributed by atoms with van der Waals surface area (Å²) in [5.74, 6) is -0.672. The quantitative estimate of drug-likeness (QED) is 0.437. The van der Waals surface area contributed by atoms with Crippen LogP contribution in [0, 0.1) is 10.1 Å². The van der Waals surface area contributed by atoms with E-state index in [1.165, 1.54) is 18.3 Å². The zero-order chi connectivity index (χ0) is 18.8. The fourth-order valence-corrected chi connectivity index (χ4v) is 3.39. The first kappa shape index (κ1) is 16.7. The number of carbonyl (C=O) groups is 1. The van der Waals surface area contributed by atoms with Gasteiger partial charge in [-0.15, -0.1) is 0 Å². The molecule has 0 radical (unpaired) electrons. The van der Waals surface area contributed by atoms with Crippen LogP contribution in [0.25, 0.3) is 11.1 Å². The minimum Gasteiger partial charge on any atom is -0.272 e. The standard InChI is InChI=1S/C21H15N3O3/c25-21(23-22-13-14-6-5-7-15(12-14)24(26)27)20-18-10-3-1-8-16(18)17-9-2-4-11-19(17)20/h1-13,20H,(H,23,25). The van der Waals surface area contributed by atoms with Gasteiger partial charge in [0.2, 0.25) is 0 Å². The van der Waals surface area contributed by atoms with Crippen molar-refractivity contribution in [2.24, 2.45) is 5.10 Å². The number of nitro benzene ring substituents is 1. The predicted molar refractivity (Wildman–Crippen MR) is 103 cm³/mol. The molecule has 0 heterocycles. The molecule has 0 saturated carbocycles. The summed E-state index contributed by atoms with van der Waals surface area (Å²) in [7, 11) is 0. The molecule has 0 aromatic heterocycles. The molecule has 1 amide bonds. The third kappa shape index (κ3) is 3.08. The molecule has 0 aliphatic heterocycles. The first-order chi connectivity index (χ1) is 13.1. The highest BCUT2D eigenvalue weighted by atomic mass is 16.6. The van der Waals surface area contributed by atoms with Crippen LogP contribution in [0.15, 0.2) is 77.9 Å². The number of hydrogen-bond acceptors (Lipinski definition) is 4. The molecule has 3 aromatic rings. The summed E-state index contributed by atoms with van der Waals surface area (Å²) >= 11 is 0. The van der Waals surface area contributed by atoms with Crippen LogP contribution in [-0.4, -0.2) is 17.0 Å². The topological polar surface area (TPSA) is 84.6 Å². The van der Waals surface area contributed by atoms with Gasteiger partial charge in [0.1, 0.15) is 0 Å². The zero-order valence-electron chi connectivity index (χ0n) is 14.2. The number of carbonyl (C=O) groups excluding carboxylic acids is 1. The van der Waals surface area contributed by atoms with E-state index in [0.29, 0.717) is 5.56 Å². The molecule has 4 rings (SSSR count). The molecule has 27 heavy (non-hydrogen) atoms. The van der Waals surface area contributed by atoms with Crippen molar-refractivity contribution in [1.82, 2.24) is 5.43 Å². The van der Waals surface area contributed by atoms with Crippen molar-refractivity contribution in [3.63, 3.8) is 0 Å². The Morgan fingerprint density at radius 1 is 0.963 bits per heavy atom. The highest BCUT2D eigenvalue weighted by Gasteiger charge is 2.33. The van der Waals surface area contributed by atoms with Gasteiger partial charge >= 0.3 is 0 Å². The monoisotopic (exact) mass is 357 g/mol. The van der Waals surface area contributed by atoms with Gasteiger partial charge in [0.05, 0.1) is 17.1 Å². The lowest BCUT2D eigenvalue weighted by Gasteiger charge is -2.11. The number of amides is 1. The molecule has 0 spiro atoms. The normalized spacial score (nSPS) is 12.6. The van der Waals surface area contributed by atoms with Crippen molar-refractivity contribution >= 4 is 17.8 Å². The number of nitrogens with zero attached hydrogens (tertiary/aromatic N) is 2. The van der Waals surface area contributed by atoms with Crippen molar-refractivity contribution in [1.29, 1.82) is 0 Å². The molecule has 0 atom stereocenters. The average Bonchev–Trinajstić information content (AvgIpc) is 3.03. The molecule has 1 aliphatic rings. The number of benzene rings is 3. The number of nitro groups is 1. The fourth-order valence-electron chi connectivity index (χ4n) is 3.39. The molecule has 0 unspecified atom stereocenters. The SMILES string of the molecule is O=C(NN=Cc1cccc([N+](=O)[O-])c1)C1c2ccccc2-c2ccccc21. The summed E-state index contributed by atoms with van der Waals surface area (Å²) < 4.78 is 0. The lowest BCUT2D eigenvalue weighted by atomic mass is 9.96. The van der Waals surface area contributed by atoms with Crippen LogP contribution in [-0.2, 0) is 4.79 Å². The summed E-state index contributed by atoms with van der Waals surface area (Å²) in [5.41, 5.74) is 7.07. The first-order valence-corrected chi connectivity index (χ1v) is 8.41. The van der Waals surface area contributed by atoms with E-state index in [1.54, 1.807) is 12.1 Å². The second-order valence-corrected chi connectivity index (χ2v) is 6.19. The van der Waals surface area contributed by atoms with Gasteiger partial charge in [0, 0.05) is 17.7 Å². The van der Waals surface area contributed by atoms with Crippen molar-refractivity contribution in [2.45, 2.75) is 5.92 Å². The summed E-state index contributed by atoms with van der Waals surface area (Å²) in [6.07, 6.45) is 1.40. The highest BCUT2D eigenvalue weighted by molar-refractivity contribution is 5.96. The Bertz CT molecular complexity index is 1030. The van der Waals surface area contributed by atoms with Gasteiger partial charge in [-0.25, -0.2) is 5.43 Å². The van der Waals surface area contributed by atoms with Gasteiger partial charge in [-0.1, -0.05) is 60.7 Å². The smallest absolute Gasteiger partial charge is 0.270 e. The lowest BCUT2D eigenvalue weighted by Crippen LogP contribution is -2.25. The minimum absolute atomic E-state index is 0.0241. The van der Waals surface area contributed by atoms with Crippen molar-refractivity contribution in [3.8, 4) is 11.1 Å². The molecule has 6 heteroatoms. The van der Waals surface area contributed by atoms with Crippen molar-refractivity contribution in [3.05, 3.63) is 99.6 Å². The second kappa shape index (κ2) is 6.84. The van der Waals surface area contributed by atoms with Crippen LogP contribution in [0.3, 0.4) is 0 Å². The molecule has 3 aromatic carbocycles. The molecule has 0 saturated heterocycles. The van der Waals surface area contributed by atoms with Crippen LogP contribution in [0.4, 0.5) is 5.69 Å². The Labute approximate surface area is 155 Å². The Morgan fingerprint density at radius 2 is 1.59 bits per heavy atom. The molecular formula is C21H15N3O3. The Balaban J connectivity index is 1.57. The van der Waals surface area contributed by atoms with Crippen LogP contribution in [0.1, 0.15) is 22.6 Å². The Kier molecular flexibility index (Phi) is 4.22. The van der Waals surface area contributed by atoms with Crippen molar-refractivity contribution < 1.29 is 9.72 Å². The molecular weight excluding hydrogens is 342 g/mol. The van der Waals surface area contributed by atoms with Gasteiger partial charge in [0.15, 0.2) is 0 Å². The minimum atomic E-state index is -0.470. The lowest BCUT2D eigenvalue weighted by molar-refractivity contribution is -0.384. The highest BCUT2D eigenvalue weighted by Crippen LogP contribution is 2.44. The van der Waals surface area contributed by atoms with Gasteiger partial charge in [0.25, 0.3) is 11.6 Å². The fraction of sp³-hybridized carbons (Fsp3) is 0.0476. The summed E-state index contributed by atoms with van der Waals surface area (Å²) in [6.45, 7) is 0. The number of rotatable bonds is 4. The third-order valence-electron chi connectivity index (χ3n) is 4.57. The molecule has 132 valence electrons. The van der Waals surface area contributed by atoms with E-state index < -0.39 is 10.8 Å². The second-order valence-electron chi connectivity index (χ2n) is 6.19.